The number of benzene rings is 2. The molecule has 2 aromatic carbocycles. The van der Waals surface area contributed by atoms with Crippen LogP contribution in [-0.4, -0.2) is 21.8 Å². The maximum atomic E-state index is 11.8. The van der Waals surface area contributed by atoms with Crippen molar-refractivity contribution < 1.29 is 19.8 Å². The Kier molecular flexibility index (Phi) is 4.43. The molecule has 2 aromatic rings. The molecule has 6 heteroatoms. The average Bonchev–Trinajstić information content (AvgIpc) is 2.41. The number of allylic oxidation sites excluding steroid dienone is 1. The molecule has 0 unspecified atom stereocenters. The molecule has 0 atom stereocenters. The van der Waals surface area contributed by atoms with Gasteiger partial charge < -0.3 is 10.2 Å². The van der Waals surface area contributed by atoms with E-state index in [1.165, 1.54) is 0 Å². The first-order valence-corrected chi connectivity index (χ1v) is 5.34. The van der Waals surface area contributed by atoms with E-state index >= 15 is 0 Å². The van der Waals surface area contributed by atoms with E-state index in [2.05, 4.69) is 0 Å². The van der Waals surface area contributed by atoms with Gasteiger partial charge in [-0.15, -0.1) is 24.8 Å². The zero-order valence-electron chi connectivity index (χ0n) is 9.99. The largest absolute Gasteiger partial charge is 0.504 e. The second-order valence-corrected chi connectivity index (χ2v) is 4.10. The number of aliphatic hydroxyl groups excluding tert-OH is 2. The van der Waals surface area contributed by atoms with E-state index in [9.17, 15) is 19.8 Å². The van der Waals surface area contributed by atoms with Crippen molar-refractivity contribution in [3.63, 3.8) is 0 Å². The van der Waals surface area contributed by atoms with Crippen LogP contribution in [0.3, 0.4) is 0 Å². The molecule has 104 valence electrons. The number of fused-ring (bicyclic) bond motifs is 2. The van der Waals surface area contributed by atoms with Crippen LogP contribution < -0.4 is 0 Å². The van der Waals surface area contributed by atoms with Gasteiger partial charge in [-0.1, -0.05) is 24.3 Å². The van der Waals surface area contributed by atoms with Gasteiger partial charge in [0.05, 0.1) is 0 Å². The molecule has 0 bridgehead atoms. The summed E-state index contributed by atoms with van der Waals surface area (Å²) in [6.07, 6.45) is 0. The van der Waals surface area contributed by atoms with E-state index in [1.54, 1.807) is 12.1 Å². The Morgan fingerprint density at radius 1 is 0.700 bits per heavy atom. The molecule has 0 fully saturated rings. The van der Waals surface area contributed by atoms with Crippen molar-refractivity contribution in [1.82, 2.24) is 0 Å². The smallest absolute Gasteiger partial charge is 0.271 e. The van der Waals surface area contributed by atoms with Crippen molar-refractivity contribution in [3.8, 4) is 0 Å². The summed E-state index contributed by atoms with van der Waals surface area (Å²) in [7, 11) is 0. The van der Waals surface area contributed by atoms with Crippen LogP contribution in [0.4, 0.5) is 0 Å². The Bertz CT molecular complexity index is 750. The summed E-state index contributed by atoms with van der Waals surface area (Å²) in [6, 6.07) is 10.4. The summed E-state index contributed by atoms with van der Waals surface area (Å²) in [5.41, 5.74) is 0.310. The van der Waals surface area contributed by atoms with Gasteiger partial charge in [0.25, 0.3) is 5.78 Å². The molecular formula is C14H10Cl2O4. The zero-order valence-corrected chi connectivity index (χ0v) is 11.6. The van der Waals surface area contributed by atoms with Crippen molar-refractivity contribution in [2.24, 2.45) is 0 Å². The zero-order chi connectivity index (χ0) is 12.9. The molecule has 0 aromatic heterocycles. The third kappa shape index (κ3) is 2.13. The first-order chi connectivity index (χ1) is 8.59. The van der Waals surface area contributed by atoms with Crippen molar-refractivity contribution in [2.45, 2.75) is 0 Å². The Hall–Kier alpha value is -2.04. The molecule has 2 N–H and O–H groups in total. The summed E-state index contributed by atoms with van der Waals surface area (Å²) in [6.45, 7) is 0. The highest BCUT2D eigenvalue weighted by molar-refractivity contribution is 6.51. The quantitative estimate of drug-likeness (QED) is 0.732. The van der Waals surface area contributed by atoms with Crippen LogP contribution in [0.1, 0.15) is 15.9 Å². The van der Waals surface area contributed by atoms with E-state index < -0.39 is 23.1 Å². The highest BCUT2D eigenvalue weighted by atomic mass is 35.5. The fourth-order valence-electron chi connectivity index (χ4n) is 2.09. The maximum Gasteiger partial charge on any atom is 0.271 e. The van der Waals surface area contributed by atoms with Crippen LogP contribution in [0.25, 0.3) is 16.5 Å². The molecule has 0 amide bonds. The molecule has 1 aliphatic carbocycles. The van der Waals surface area contributed by atoms with Crippen LogP contribution >= 0.6 is 24.8 Å². The second-order valence-electron chi connectivity index (χ2n) is 4.10. The number of halogens is 2. The van der Waals surface area contributed by atoms with Gasteiger partial charge in [0.15, 0.2) is 5.76 Å². The summed E-state index contributed by atoms with van der Waals surface area (Å²) >= 11 is 0. The lowest BCUT2D eigenvalue weighted by Gasteiger charge is -2.15. The van der Waals surface area contributed by atoms with Gasteiger partial charge in [-0.3, -0.25) is 9.59 Å². The highest BCUT2D eigenvalue weighted by Gasteiger charge is 2.33. The molecule has 0 aliphatic heterocycles. The monoisotopic (exact) mass is 312 g/mol. The Balaban J connectivity index is 0.000001000. The Morgan fingerprint density at radius 2 is 1.20 bits per heavy atom. The molecule has 0 spiro atoms. The van der Waals surface area contributed by atoms with E-state index in [4.69, 9.17) is 0 Å². The van der Waals surface area contributed by atoms with E-state index in [0.717, 1.165) is 10.8 Å². The number of hydrogen-bond donors (Lipinski definition) is 2. The number of aliphatic hydroxyl groups is 2. The number of ketones is 2. The fourth-order valence-corrected chi connectivity index (χ4v) is 2.09. The molecule has 0 saturated heterocycles. The average molecular weight is 313 g/mol. The number of carbonyl (C=O) groups is 2. The summed E-state index contributed by atoms with van der Waals surface area (Å²) in [4.78, 5) is 23.2. The third-order valence-corrected chi connectivity index (χ3v) is 3.03. The standard InChI is InChI=1S/C14H8O4.2ClH/c15-11-9-5-7-3-1-2-4-8(7)6-10(9)12(16)14(18)13(11)17;;/h1-6,15,17H;2*1H. The maximum absolute atomic E-state index is 11.8. The summed E-state index contributed by atoms with van der Waals surface area (Å²) in [5, 5.41) is 20.7. The lowest BCUT2D eigenvalue weighted by molar-refractivity contribution is -0.114. The van der Waals surface area contributed by atoms with Gasteiger partial charge in [0.1, 0.15) is 0 Å². The van der Waals surface area contributed by atoms with Gasteiger partial charge >= 0.3 is 0 Å². The molecule has 20 heavy (non-hydrogen) atoms. The molecule has 0 saturated carbocycles. The number of rotatable bonds is 0. The van der Waals surface area contributed by atoms with Crippen molar-refractivity contribution in [2.75, 3.05) is 0 Å². The van der Waals surface area contributed by atoms with Crippen molar-refractivity contribution >= 4 is 52.9 Å². The predicted octanol–water partition coefficient (Wildman–Crippen LogP) is 3.23. The Labute approximate surface area is 126 Å². The topological polar surface area (TPSA) is 74.6 Å². The minimum absolute atomic E-state index is 0. The van der Waals surface area contributed by atoms with Crippen LogP contribution in [0.5, 0.6) is 0 Å². The van der Waals surface area contributed by atoms with Gasteiger partial charge in [-0.2, -0.15) is 0 Å². The third-order valence-electron chi connectivity index (χ3n) is 3.03. The van der Waals surface area contributed by atoms with E-state index in [1.807, 2.05) is 24.3 Å². The van der Waals surface area contributed by atoms with E-state index in [0.29, 0.717) is 0 Å². The Morgan fingerprint density at radius 3 is 1.75 bits per heavy atom. The highest BCUT2D eigenvalue weighted by Crippen LogP contribution is 2.30. The molecule has 4 nitrogen and oxygen atoms in total. The molecular weight excluding hydrogens is 303 g/mol. The van der Waals surface area contributed by atoms with Crippen molar-refractivity contribution in [1.29, 1.82) is 0 Å². The first kappa shape index (κ1) is 16.0. The lowest BCUT2D eigenvalue weighted by atomic mass is 9.90. The van der Waals surface area contributed by atoms with Crippen LogP contribution in [0, 0.1) is 0 Å². The van der Waals surface area contributed by atoms with Crippen LogP contribution in [0.2, 0.25) is 0 Å². The number of carbonyl (C=O) groups excluding carboxylic acids is 2. The fraction of sp³-hybridized carbons (Fsp3) is 0. The van der Waals surface area contributed by atoms with Gasteiger partial charge in [-0.25, -0.2) is 0 Å². The lowest BCUT2D eigenvalue weighted by Crippen LogP contribution is -2.23. The van der Waals surface area contributed by atoms with Crippen LogP contribution in [-0.2, 0) is 4.79 Å². The molecule has 0 radical (unpaired) electrons. The predicted molar refractivity (Wildman–Crippen MR) is 80.0 cm³/mol. The summed E-state index contributed by atoms with van der Waals surface area (Å²) in [5.74, 6) is -3.30. The normalized spacial score (nSPS) is 13.6. The minimum Gasteiger partial charge on any atom is -0.504 e. The van der Waals surface area contributed by atoms with Gasteiger partial charge in [0, 0.05) is 11.1 Å². The number of Topliss-reactive ketones (excluding diaryl/α,β-unsaturated/α-hetero) is 2. The molecule has 0 heterocycles. The van der Waals surface area contributed by atoms with E-state index in [-0.39, 0.29) is 35.9 Å². The SMILES string of the molecule is Cl.Cl.O=C1C(=O)c2cc3ccccc3cc2C(O)=C1O. The van der Waals surface area contributed by atoms with Gasteiger partial charge in [-0.05, 0) is 22.9 Å². The summed E-state index contributed by atoms with van der Waals surface area (Å²) < 4.78 is 0. The minimum atomic E-state index is -1.07. The van der Waals surface area contributed by atoms with Gasteiger partial charge in [0.2, 0.25) is 11.5 Å². The van der Waals surface area contributed by atoms with Crippen molar-refractivity contribution in [3.05, 3.63) is 53.3 Å². The van der Waals surface area contributed by atoms with Crippen LogP contribution in [0.15, 0.2) is 42.2 Å². The number of hydrogen-bond acceptors (Lipinski definition) is 4. The molecule has 1 aliphatic rings. The second kappa shape index (κ2) is 5.53. The molecule has 3 rings (SSSR count). The first-order valence-electron chi connectivity index (χ1n) is 5.34.